The molecule has 2 nitrogen and oxygen atoms in total. The van der Waals surface area contributed by atoms with Crippen LogP contribution in [0.1, 0.15) is 33.1 Å². The van der Waals surface area contributed by atoms with Crippen molar-refractivity contribution in [2.45, 2.75) is 49.3 Å². The van der Waals surface area contributed by atoms with E-state index < -0.39 is 22.4 Å². The van der Waals surface area contributed by atoms with Crippen LogP contribution in [-0.2, 0) is 10.8 Å². The third-order valence-corrected chi connectivity index (χ3v) is 5.58. The molecular weight excluding hydrogens is 268 g/mol. The fourth-order valence-electron chi connectivity index (χ4n) is 2.57. The van der Waals surface area contributed by atoms with E-state index in [1.807, 2.05) is 0 Å². The fourth-order valence-corrected chi connectivity index (χ4v) is 4.44. The largest absolute Gasteiger partial charge is 0.327 e. The van der Waals surface area contributed by atoms with Crippen molar-refractivity contribution in [1.29, 1.82) is 0 Å². The molecule has 1 fully saturated rings. The van der Waals surface area contributed by atoms with Gasteiger partial charge in [0.15, 0.2) is 0 Å². The first-order valence-corrected chi connectivity index (χ1v) is 7.63. The summed E-state index contributed by atoms with van der Waals surface area (Å²) in [6, 6.07) is 2.83. The van der Waals surface area contributed by atoms with Crippen molar-refractivity contribution in [3.8, 4) is 0 Å². The molecule has 3 atom stereocenters. The lowest BCUT2D eigenvalue weighted by atomic mass is 9.75. The maximum Gasteiger partial charge on any atom is 0.139 e. The first-order valence-electron chi connectivity index (χ1n) is 6.41. The topological polar surface area (TPSA) is 43.1 Å². The van der Waals surface area contributed by atoms with Crippen molar-refractivity contribution in [3.05, 3.63) is 29.8 Å². The molecule has 2 rings (SSSR count). The zero-order valence-electron chi connectivity index (χ0n) is 11.2. The number of rotatable bonds is 2. The number of nitrogens with two attached hydrogens (primary N) is 1. The molecule has 1 saturated carbocycles. The molecule has 2 N–H and O–H groups in total. The van der Waals surface area contributed by atoms with E-state index in [4.69, 9.17) is 5.73 Å². The third-order valence-electron chi connectivity index (χ3n) is 3.77. The summed E-state index contributed by atoms with van der Waals surface area (Å²) >= 11 is 0. The third kappa shape index (κ3) is 3.20. The summed E-state index contributed by atoms with van der Waals surface area (Å²) in [6.07, 6.45) is 2.39. The Bertz CT molecular complexity index is 504. The minimum absolute atomic E-state index is 0.0417. The fraction of sp³-hybridized carbons (Fsp3) is 0.571. The molecule has 0 aliphatic heterocycles. The zero-order valence-corrected chi connectivity index (χ0v) is 12.0. The Labute approximate surface area is 114 Å². The lowest BCUT2D eigenvalue weighted by molar-refractivity contribution is 0.230. The Morgan fingerprint density at radius 2 is 2.05 bits per heavy atom. The summed E-state index contributed by atoms with van der Waals surface area (Å²) in [5, 5.41) is -0.319. The first-order chi connectivity index (χ1) is 8.80. The minimum Gasteiger partial charge on any atom is -0.327 e. The molecule has 0 aromatic heterocycles. The molecule has 5 heteroatoms. The second-order valence-corrected chi connectivity index (χ2v) is 7.62. The van der Waals surface area contributed by atoms with Gasteiger partial charge in [0, 0.05) is 6.04 Å². The lowest BCUT2D eigenvalue weighted by Gasteiger charge is -2.38. The van der Waals surface area contributed by atoms with Gasteiger partial charge in [0.1, 0.15) is 11.6 Å². The molecule has 1 aliphatic carbocycles. The Balaban J connectivity index is 2.29. The monoisotopic (exact) mass is 287 g/mol. The highest BCUT2D eigenvalue weighted by molar-refractivity contribution is 7.85. The lowest BCUT2D eigenvalue weighted by Crippen LogP contribution is -2.45. The van der Waals surface area contributed by atoms with Gasteiger partial charge >= 0.3 is 0 Å². The molecule has 106 valence electrons. The molecule has 0 spiro atoms. The number of benzene rings is 1. The number of hydrogen-bond donors (Lipinski definition) is 1. The smallest absolute Gasteiger partial charge is 0.139 e. The van der Waals surface area contributed by atoms with Crippen LogP contribution >= 0.6 is 0 Å². The average molecular weight is 287 g/mol. The highest BCUT2D eigenvalue weighted by atomic mass is 32.2. The van der Waals surface area contributed by atoms with Gasteiger partial charge in [-0.15, -0.1) is 0 Å². The van der Waals surface area contributed by atoms with Gasteiger partial charge in [0.25, 0.3) is 0 Å². The van der Waals surface area contributed by atoms with E-state index in [0.29, 0.717) is 6.42 Å². The zero-order chi connectivity index (χ0) is 14.2. The van der Waals surface area contributed by atoms with Crippen LogP contribution in [0.4, 0.5) is 8.78 Å². The van der Waals surface area contributed by atoms with Crippen molar-refractivity contribution < 1.29 is 13.0 Å². The van der Waals surface area contributed by atoms with E-state index in [0.717, 1.165) is 31.0 Å². The summed E-state index contributed by atoms with van der Waals surface area (Å²) in [4.78, 5) is -0.0712. The van der Waals surface area contributed by atoms with E-state index >= 15 is 0 Å². The number of hydrogen-bond acceptors (Lipinski definition) is 2. The van der Waals surface area contributed by atoms with Gasteiger partial charge in [-0.3, -0.25) is 4.21 Å². The molecule has 0 saturated heterocycles. The van der Waals surface area contributed by atoms with Crippen LogP contribution in [0.2, 0.25) is 0 Å². The predicted octanol–water partition coefficient (Wildman–Crippen LogP) is 2.98. The van der Waals surface area contributed by atoms with Crippen molar-refractivity contribution in [1.82, 2.24) is 0 Å². The standard InChI is InChI=1S/C14H19F2NOS/c1-14(2)6-5-11(17)13(8-14)19(18)12-7-9(15)3-4-10(12)16/h3-4,7,11,13H,5-6,8,17H2,1-2H3. The molecular formula is C14H19F2NOS. The quantitative estimate of drug-likeness (QED) is 0.908. The Morgan fingerprint density at radius 3 is 2.74 bits per heavy atom. The Kier molecular flexibility index (Phi) is 4.06. The van der Waals surface area contributed by atoms with Gasteiger partial charge < -0.3 is 5.73 Å². The summed E-state index contributed by atoms with van der Waals surface area (Å²) < 4.78 is 39.4. The SMILES string of the molecule is CC1(C)CCC(N)C(S(=O)c2cc(F)ccc2F)C1. The molecule has 0 radical (unpaired) electrons. The van der Waals surface area contributed by atoms with Crippen LogP contribution in [-0.4, -0.2) is 15.5 Å². The van der Waals surface area contributed by atoms with Crippen LogP contribution < -0.4 is 5.73 Å². The van der Waals surface area contributed by atoms with E-state index in [9.17, 15) is 13.0 Å². The highest BCUT2D eigenvalue weighted by Gasteiger charge is 2.37. The van der Waals surface area contributed by atoms with E-state index in [-0.39, 0.29) is 21.6 Å². The van der Waals surface area contributed by atoms with Gasteiger partial charge in [-0.25, -0.2) is 8.78 Å². The highest BCUT2D eigenvalue weighted by Crippen LogP contribution is 2.38. The van der Waals surface area contributed by atoms with Crippen LogP contribution in [0.15, 0.2) is 23.1 Å². The van der Waals surface area contributed by atoms with Crippen molar-refractivity contribution in [3.63, 3.8) is 0 Å². The molecule has 1 aliphatic rings. The van der Waals surface area contributed by atoms with Crippen molar-refractivity contribution >= 4 is 10.8 Å². The summed E-state index contributed by atoms with van der Waals surface area (Å²) in [7, 11) is -1.61. The van der Waals surface area contributed by atoms with Crippen LogP contribution in [0.3, 0.4) is 0 Å². The maximum absolute atomic E-state index is 13.7. The molecule has 0 bridgehead atoms. The molecule has 19 heavy (non-hydrogen) atoms. The van der Waals surface area contributed by atoms with Gasteiger partial charge in [-0.1, -0.05) is 13.8 Å². The van der Waals surface area contributed by atoms with Crippen LogP contribution in [0, 0.1) is 17.0 Å². The molecule has 0 heterocycles. The molecule has 1 aromatic carbocycles. The minimum atomic E-state index is -1.61. The van der Waals surface area contributed by atoms with E-state index in [2.05, 4.69) is 13.8 Å². The van der Waals surface area contributed by atoms with E-state index in [1.54, 1.807) is 0 Å². The van der Waals surface area contributed by atoms with Crippen LogP contribution in [0.25, 0.3) is 0 Å². The average Bonchev–Trinajstić information content (AvgIpc) is 2.34. The second kappa shape index (κ2) is 5.29. The Hall–Kier alpha value is -0.810. The van der Waals surface area contributed by atoms with E-state index in [1.165, 1.54) is 0 Å². The van der Waals surface area contributed by atoms with Gasteiger partial charge in [-0.2, -0.15) is 0 Å². The molecule has 1 aromatic rings. The second-order valence-electron chi connectivity index (χ2n) is 5.98. The van der Waals surface area contributed by atoms with Gasteiger partial charge in [0.2, 0.25) is 0 Å². The predicted molar refractivity (Wildman–Crippen MR) is 72.2 cm³/mol. The van der Waals surface area contributed by atoms with Crippen molar-refractivity contribution in [2.24, 2.45) is 11.1 Å². The molecule has 0 amide bonds. The van der Waals surface area contributed by atoms with Gasteiger partial charge in [0.05, 0.1) is 20.9 Å². The van der Waals surface area contributed by atoms with Crippen LogP contribution in [0.5, 0.6) is 0 Å². The first kappa shape index (κ1) is 14.6. The molecule has 3 unspecified atom stereocenters. The van der Waals surface area contributed by atoms with Crippen molar-refractivity contribution in [2.75, 3.05) is 0 Å². The summed E-state index contributed by atoms with van der Waals surface area (Å²) in [5.74, 6) is -1.20. The van der Waals surface area contributed by atoms with Gasteiger partial charge in [-0.05, 0) is 42.9 Å². The Morgan fingerprint density at radius 1 is 1.37 bits per heavy atom. The maximum atomic E-state index is 13.7. The number of halogens is 2. The summed E-state index contributed by atoms with van der Waals surface area (Å²) in [6.45, 7) is 4.18. The summed E-state index contributed by atoms with van der Waals surface area (Å²) in [5.41, 5.74) is 6.06. The normalized spacial score (nSPS) is 28.1.